The Morgan fingerprint density at radius 1 is 0.533 bits per heavy atom. The Balaban J connectivity index is 1.64. The highest BCUT2D eigenvalue weighted by atomic mass is 16.6. The molecular weight excluding hydrogens is 388 g/mol. The SMILES string of the molecule is O=[N+]([O-])c1ccc(Oc2cccc3c(Oc4ccc([N+](=O)[O-])cc4)cccc23)cc1. The van der Waals surface area contributed by atoms with Crippen LogP contribution in [0.1, 0.15) is 0 Å². The number of hydrogen-bond donors (Lipinski definition) is 0. The second kappa shape index (κ2) is 7.88. The zero-order valence-electron chi connectivity index (χ0n) is 15.4. The molecule has 0 amide bonds. The maximum atomic E-state index is 10.8. The van der Waals surface area contributed by atoms with Gasteiger partial charge in [0.25, 0.3) is 11.4 Å². The van der Waals surface area contributed by atoms with Gasteiger partial charge in [0.1, 0.15) is 23.0 Å². The molecule has 0 aromatic heterocycles. The highest BCUT2D eigenvalue weighted by molar-refractivity contribution is 5.93. The van der Waals surface area contributed by atoms with Crippen molar-refractivity contribution in [1.29, 1.82) is 0 Å². The van der Waals surface area contributed by atoms with E-state index < -0.39 is 9.85 Å². The standard InChI is InChI=1S/C22H14N2O6/c25-23(26)15-7-11-17(12-8-15)29-21-5-1-3-19-20(21)4-2-6-22(19)30-18-13-9-16(10-14-18)24(27)28/h1-14H. The number of nitro groups is 2. The van der Waals surface area contributed by atoms with Crippen LogP contribution in [0.15, 0.2) is 84.9 Å². The van der Waals surface area contributed by atoms with Crippen LogP contribution < -0.4 is 9.47 Å². The molecule has 0 spiro atoms. The molecule has 0 heterocycles. The normalized spacial score (nSPS) is 10.5. The van der Waals surface area contributed by atoms with Crippen molar-refractivity contribution in [1.82, 2.24) is 0 Å². The van der Waals surface area contributed by atoms with E-state index in [0.717, 1.165) is 10.8 Å². The quantitative estimate of drug-likeness (QED) is 0.279. The van der Waals surface area contributed by atoms with Crippen molar-refractivity contribution in [2.45, 2.75) is 0 Å². The molecule has 0 saturated heterocycles. The second-order valence-electron chi connectivity index (χ2n) is 6.31. The van der Waals surface area contributed by atoms with Crippen molar-refractivity contribution in [2.75, 3.05) is 0 Å². The van der Waals surface area contributed by atoms with Crippen molar-refractivity contribution >= 4 is 22.1 Å². The minimum Gasteiger partial charge on any atom is -0.457 e. The number of hydrogen-bond acceptors (Lipinski definition) is 6. The lowest BCUT2D eigenvalue weighted by Crippen LogP contribution is -1.91. The molecule has 0 unspecified atom stereocenters. The summed E-state index contributed by atoms with van der Waals surface area (Å²) in [7, 11) is 0. The third-order valence-electron chi connectivity index (χ3n) is 4.39. The van der Waals surface area contributed by atoms with Crippen LogP contribution in [0.3, 0.4) is 0 Å². The molecule has 0 fully saturated rings. The van der Waals surface area contributed by atoms with Crippen LogP contribution in [0.4, 0.5) is 11.4 Å². The number of fused-ring (bicyclic) bond motifs is 1. The second-order valence-corrected chi connectivity index (χ2v) is 6.31. The molecule has 4 rings (SSSR count). The fraction of sp³-hybridized carbons (Fsp3) is 0. The summed E-state index contributed by atoms with van der Waals surface area (Å²) in [6, 6.07) is 22.6. The Bertz CT molecular complexity index is 1140. The Hall–Kier alpha value is -4.46. The van der Waals surface area contributed by atoms with Crippen LogP contribution in [0.2, 0.25) is 0 Å². The van der Waals surface area contributed by atoms with E-state index in [1.54, 1.807) is 12.1 Å². The number of ether oxygens (including phenoxy) is 2. The summed E-state index contributed by atoms with van der Waals surface area (Å²) in [4.78, 5) is 20.7. The van der Waals surface area contributed by atoms with Gasteiger partial charge in [-0.3, -0.25) is 20.2 Å². The molecule has 4 aromatic carbocycles. The maximum absolute atomic E-state index is 10.8. The Labute approximate surface area is 170 Å². The lowest BCUT2D eigenvalue weighted by molar-refractivity contribution is -0.385. The first-order valence-electron chi connectivity index (χ1n) is 8.87. The Morgan fingerprint density at radius 3 is 1.23 bits per heavy atom. The molecule has 0 bridgehead atoms. The van der Waals surface area contributed by atoms with Crippen LogP contribution in [-0.2, 0) is 0 Å². The van der Waals surface area contributed by atoms with Crippen molar-refractivity contribution in [3.8, 4) is 23.0 Å². The minimum absolute atomic E-state index is 0.0148. The van der Waals surface area contributed by atoms with Crippen LogP contribution in [0.25, 0.3) is 10.8 Å². The number of nitrogens with zero attached hydrogens (tertiary/aromatic N) is 2. The van der Waals surface area contributed by atoms with Crippen LogP contribution in [-0.4, -0.2) is 9.85 Å². The Morgan fingerprint density at radius 2 is 0.900 bits per heavy atom. The van der Waals surface area contributed by atoms with Gasteiger partial charge in [-0.05, 0) is 36.4 Å². The predicted octanol–water partition coefficient (Wildman–Crippen LogP) is 6.24. The van der Waals surface area contributed by atoms with E-state index >= 15 is 0 Å². The van der Waals surface area contributed by atoms with Gasteiger partial charge in [-0.25, -0.2) is 0 Å². The average molecular weight is 402 g/mol. The molecule has 0 saturated carbocycles. The van der Waals surface area contributed by atoms with Crippen molar-refractivity contribution in [2.24, 2.45) is 0 Å². The largest absolute Gasteiger partial charge is 0.457 e. The average Bonchev–Trinajstić information content (AvgIpc) is 2.75. The molecule has 0 aliphatic carbocycles. The molecule has 0 aliphatic rings. The molecule has 4 aromatic rings. The van der Waals surface area contributed by atoms with Crippen LogP contribution in [0, 0.1) is 20.2 Å². The smallest absolute Gasteiger partial charge is 0.269 e. The van der Waals surface area contributed by atoms with Gasteiger partial charge in [-0.1, -0.05) is 24.3 Å². The third kappa shape index (κ3) is 3.88. The lowest BCUT2D eigenvalue weighted by atomic mass is 10.1. The zero-order chi connectivity index (χ0) is 21.1. The summed E-state index contributed by atoms with van der Waals surface area (Å²) < 4.78 is 11.8. The van der Waals surface area contributed by atoms with Crippen molar-refractivity contribution in [3.63, 3.8) is 0 Å². The maximum Gasteiger partial charge on any atom is 0.269 e. The first kappa shape index (κ1) is 18.9. The van der Waals surface area contributed by atoms with E-state index in [9.17, 15) is 20.2 Å². The Kier molecular flexibility index (Phi) is 4.96. The summed E-state index contributed by atoms with van der Waals surface area (Å²) in [6.45, 7) is 0. The van der Waals surface area contributed by atoms with E-state index in [-0.39, 0.29) is 11.4 Å². The topological polar surface area (TPSA) is 105 Å². The summed E-state index contributed by atoms with van der Waals surface area (Å²) in [5, 5.41) is 23.2. The summed E-state index contributed by atoms with van der Waals surface area (Å²) in [5.41, 5.74) is -0.0295. The number of rotatable bonds is 6. The van der Waals surface area contributed by atoms with Gasteiger partial charge < -0.3 is 9.47 Å². The molecule has 0 aliphatic heterocycles. The predicted molar refractivity (Wildman–Crippen MR) is 110 cm³/mol. The molecule has 8 nitrogen and oxygen atoms in total. The van der Waals surface area contributed by atoms with E-state index in [2.05, 4.69) is 0 Å². The van der Waals surface area contributed by atoms with Crippen LogP contribution in [0.5, 0.6) is 23.0 Å². The van der Waals surface area contributed by atoms with Gasteiger partial charge in [0.2, 0.25) is 0 Å². The number of nitro benzene ring substituents is 2. The van der Waals surface area contributed by atoms with E-state index in [0.29, 0.717) is 23.0 Å². The fourth-order valence-electron chi connectivity index (χ4n) is 2.96. The van der Waals surface area contributed by atoms with Gasteiger partial charge >= 0.3 is 0 Å². The summed E-state index contributed by atoms with van der Waals surface area (Å²) >= 11 is 0. The first-order chi connectivity index (χ1) is 14.5. The van der Waals surface area contributed by atoms with Crippen molar-refractivity contribution in [3.05, 3.63) is 105 Å². The number of benzene rings is 4. The van der Waals surface area contributed by atoms with Gasteiger partial charge in [-0.15, -0.1) is 0 Å². The van der Waals surface area contributed by atoms with E-state index in [4.69, 9.17) is 9.47 Å². The van der Waals surface area contributed by atoms with E-state index in [1.807, 2.05) is 24.3 Å². The highest BCUT2D eigenvalue weighted by Gasteiger charge is 2.11. The van der Waals surface area contributed by atoms with Gasteiger partial charge in [-0.2, -0.15) is 0 Å². The van der Waals surface area contributed by atoms with Crippen LogP contribution >= 0.6 is 0 Å². The molecular formula is C22H14N2O6. The van der Waals surface area contributed by atoms with Gasteiger partial charge in [0, 0.05) is 35.0 Å². The summed E-state index contributed by atoms with van der Waals surface area (Å²) in [5.74, 6) is 2.07. The molecule has 30 heavy (non-hydrogen) atoms. The molecule has 148 valence electrons. The van der Waals surface area contributed by atoms with Crippen molar-refractivity contribution < 1.29 is 19.3 Å². The zero-order valence-corrected chi connectivity index (χ0v) is 15.4. The monoisotopic (exact) mass is 402 g/mol. The first-order valence-corrected chi connectivity index (χ1v) is 8.87. The fourth-order valence-corrected chi connectivity index (χ4v) is 2.96. The lowest BCUT2D eigenvalue weighted by Gasteiger charge is -2.12. The summed E-state index contributed by atoms with van der Waals surface area (Å²) in [6.07, 6.45) is 0. The minimum atomic E-state index is -0.469. The van der Waals surface area contributed by atoms with E-state index in [1.165, 1.54) is 48.5 Å². The third-order valence-corrected chi connectivity index (χ3v) is 4.39. The molecule has 0 radical (unpaired) electrons. The van der Waals surface area contributed by atoms with Gasteiger partial charge in [0.05, 0.1) is 9.85 Å². The molecule has 0 N–H and O–H groups in total. The van der Waals surface area contributed by atoms with Gasteiger partial charge in [0.15, 0.2) is 0 Å². The molecule has 0 atom stereocenters. The molecule has 8 heteroatoms. The highest BCUT2D eigenvalue weighted by Crippen LogP contribution is 2.37. The number of non-ortho nitro benzene ring substituents is 2.